The lowest BCUT2D eigenvalue weighted by Gasteiger charge is -2.23. The first-order chi connectivity index (χ1) is 11.8. The van der Waals surface area contributed by atoms with Gasteiger partial charge in [-0.05, 0) is 13.8 Å². The van der Waals surface area contributed by atoms with Crippen LogP contribution in [0.15, 0.2) is 37.0 Å². The molecule has 0 saturated carbocycles. The van der Waals surface area contributed by atoms with E-state index >= 15 is 0 Å². The smallest absolute Gasteiger partial charge is 0.330 e. The molecular formula is C16H28O10. The highest BCUT2D eigenvalue weighted by molar-refractivity contribution is 5.85. The van der Waals surface area contributed by atoms with E-state index in [1.807, 2.05) is 0 Å². The maximum Gasteiger partial charge on any atom is 0.330 e. The van der Waals surface area contributed by atoms with Gasteiger partial charge in [0, 0.05) is 17.2 Å². The van der Waals surface area contributed by atoms with Crippen LogP contribution in [0.1, 0.15) is 13.8 Å². The monoisotopic (exact) mass is 380 g/mol. The van der Waals surface area contributed by atoms with Crippen molar-refractivity contribution >= 4 is 17.9 Å². The van der Waals surface area contributed by atoms with Crippen molar-refractivity contribution in [3.63, 3.8) is 0 Å². The van der Waals surface area contributed by atoms with Crippen LogP contribution in [-0.2, 0) is 14.4 Å². The molecule has 0 rings (SSSR count). The summed E-state index contributed by atoms with van der Waals surface area (Å²) in [5, 5.41) is 57.4. The summed E-state index contributed by atoms with van der Waals surface area (Å²) in [7, 11) is 0. The van der Waals surface area contributed by atoms with Crippen LogP contribution >= 0.6 is 0 Å². The summed E-state index contributed by atoms with van der Waals surface area (Å²) < 4.78 is 0. The average Bonchev–Trinajstić information content (AvgIpc) is 2.59. The van der Waals surface area contributed by atoms with Crippen molar-refractivity contribution in [2.75, 3.05) is 26.4 Å². The molecule has 0 radical (unpaired) electrons. The highest BCUT2D eigenvalue weighted by Crippen LogP contribution is 2.11. The SMILES string of the molecule is C=C(C)C(=O)O.C=C(C)C(=O)O.C=CC(=O)O.OCC(CO)(CO)CO. The fourth-order valence-corrected chi connectivity index (χ4v) is 0.300. The molecule has 10 nitrogen and oxygen atoms in total. The molecule has 0 unspecified atom stereocenters. The summed E-state index contributed by atoms with van der Waals surface area (Å²) in [6, 6.07) is 0. The second-order valence-corrected chi connectivity index (χ2v) is 4.85. The third-order valence-electron chi connectivity index (χ3n) is 2.25. The first-order valence-electron chi connectivity index (χ1n) is 6.87. The second-order valence-electron chi connectivity index (χ2n) is 4.85. The third kappa shape index (κ3) is 23.7. The van der Waals surface area contributed by atoms with E-state index < -0.39 is 49.8 Å². The Labute approximate surface area is 151 Å². The van der Waals surface area contributed by atoms with E-state index in [1.165, 1.54) is 13.8 Å². The first-order valence-corrected chi connectivity index (χ1v) is 6.87. The van der Waals surface area contributed by atoms with Gasteiger partial charge in [0.1, 0.15) is 0 Å². The van der Waals surface area contributed by atoms with Crippen molar-refractivity contribution in [2.24, 2.45) is 5.41 Å². The summed E-state index contributed by atoms with van der Waals surface area (Å²) in [4.78, 5) is 28.4. The zero-order valence-electron chi connectivity index (χ0n) is 14.9. The topological polar surface area (TPSA) is 193 Å². The maximum atomic E-state index is 9.60. The van der Waals surface area contributed by atoms with Crippen LogP contribution in [0.2, 0.25) is 0 Å². The van der Waals surface area contributed by atoms with Gasteiger partial charge in [-0.25, -0.2) is 14.4 Å². The van der Waals surface area contributed by atoms with Crippen molar-refractivity contribution in [1.82, 2.24) is 0 Å². The van der Waals surface area contributed by atoms with Gasteiger partial charge in [0.15, 0.2) is 0 Å². The number of carboxylic acid groups (broad SMARTS) is 3. The Kier molecular flexibility index (Phi) is 22.6. The minimum atomic E-state index is -1.11. The summed E-state index contributed by atoms with van der Waals surface area (Å²) in [6.45, 7) is 10.5. The van der Waals surface area contributed by atoms with Crippen molar-refractivity contribution in [3.05, 3.63) is 37.0 Å². The lowest BCUT2D eigenvalue weighted by Crippen LogP contribution is -2.37. The van der Waals surface area contributed by atoms with Gasteiger partial charge >= 0.3 is 17.9 Å². The Bertz CT molecular complexity index is 398. The zero-order valence-corrected chi connectivity index (χ0v) is 14.9. The Morgan fingerprint density at radius 1 is 0.769 bits per heavy atom. The van der Waals surface area contributed by atoms with E-state index in [1.54, 1.807) is 0 Å². The summed E-state index contributed by atoms with van der Waals surface area (Å²) in [6.07, 6.45) is 0.833. The van der Waals surface area contributed by atoms with Gasteiger partial charge in [0.25, 0.3) is 0 Å². The Morgan fingerprint density at radius 2 is 0.923 bits per heavy atom. The van der Waals surface area contributed by atoms with Crippen LogP contribution in [-0.4, -0.2) is 80.1 Å². The van der Waals surface area contributed by atoms with Gasteiger partial charge in [0.2, 0.25) is 0 Å². The van der Waals surface area contributed by atoms with Crippen molar-refractivity contribution < 1.29 is 50.1 Å². The number of carboxylic acids is 3. The number of hydrogen-bond acceptors (Lipinski definition) is 7. The molecule has 0 fully saturated rings. The molecule has 0 aliphatic heterocycles. The van der Waals surface area contributed by atoms with Crippen LogP contribution in [0.4, 0.5) is 0 Å². The van der Waals surface area contributed by atoms with Crippen molar-refractivity contribution in [2.45, 2.75) is 13.8 Å². The van der Waals surface area contributed by atoms with E-state index in [-0.39, 0.29) is 11.1 Å². The molecule has 0 amide bonds. The number of hydrogen-bond donors (Lipinski definition) is 7. The molecule has 0 spiro atoms. The minimum absolute atomic E-state index is 0.176. The number of aliphatic hydroxyl groups is 4. The molecule has 0 heterocycles. The van der Waals surface area contributed by atoms with Crippen LogP contribution in [0.25, 0.3) is 0 Å². The van der Waals surface area contributed by atoms with Gasteiger partial charge in [-0.1, -0.05) is 19.7 Å². The van der Waals surface area contributed by atoms with Crippen LogP contribution in [0.5, 0.6) is 0 Å². The highest BCUT2D eigenvalue weighted by atomic mass is 16.4. The lowest BCUT2D eigenvalue weighted by molar-refractivity contribution is -0.133. The van der Waals surface area contributed by atoms with Crippen LogP contribution in [0.3, 0.4) is 0 Å². The molecule has 152 valence electrons. The van der Waals surface area contributed by atoms with Crippen molar-refractivity contribution in [3.8, 4) is 0 Å². The predicted octanol–water partition coefficient (Wildman–Crippen LogP) is -0.507. The summed E-state index contributed by atoms with van der Waals surface area (Å²) >= 11 is 0. The minimum Gasteiger partial charge on any atom is -0.478 e. The molecule has 10 heteroatoms. The third-order valence-corrected chi connectivity index (χ3v) is 2.25. The average molecular weight is 380 g/mol. The molecule has 0 atom stereocenters. The molecule has 7 N–H and O–H groups in total. The second kappa shape index (κ2) is 18.8. The quantitative estimate of drug-likeness (QED) is 0.283. The van der Waals surface area contributed by atoms with Gasteiger partial charge in [0.05, 0.1) is 31.8 Å². The Balaban J connectivity index is -0.000000128. The normalized spacial score (nSPS) is 8.85. The zero-order chi connectivity index (χ0) is 21.9. The lowest BCUT2D eigenvalue weighted by atomic mass is 9.93. The molecular weight excluding hydrogens is 352 g/mol. The van der Waals surface area contributed by atoms with E-state index in [0.29, 0.717) is 0 Å². The molecule has 26 heavy (non-hydrogen) atoms. The molecule has 0 aromatic heterocycles. The van der Waals surface area contributed by atoms with Crippen LogP contribution < -0.4 is 0 Å². The highest BCUT2D eigenvalue weighted by Gasteiger charge is 2.26. The summed E-state index contributed by atoms with van der Waals surface area (Å²) in [5.41, 5.74) is -0.759. The van der Waals surface area contributed by atoms with E-state index in [2.05, 4.69) is 19.7 Å². The molecule has 0 bridgehead atoms. The molecule has 0 aromatic carbocycles. The molecule has 0 aliphatic carbocycles. The van der Waals surface area contributed by atoms with Gasteiger partial charge < -0.3 is 35.7 Å². The molecule has 0 aromatic rings. The van der Waals surface area contributed by atoms with Gasteiger partial charge in [-0.3, -0.25) is 0 Å². The summed E-state index contributed by atoms with van der Waals surface area (Å²) in [5.74, 6) is -2.85. The Hall–Kier alpha value is -2.53. The fourth-order valence-electron chi connectivity index (χ4n) is 0.300. The van der Waals surface area contributed by atoms with E-state index in [4.69, 9.17) is 35.7 Å². The van der Waals surface area contributed by atoms with E-state index in [0.717, 1.165) is 6.08 Å². The van der Waals surface area contributed by atoms with Gasteiger partial charge in [-0.2, -0.15) is 0 Å². The maximum absolute atomic E-state index is 9.60. The number of aliphatic hydroxyl groups excluding tert-OH is 4. The van der Waals surface area contributed by atoms with Crippen molar-refractivity contribution in [1.29, 1.82) is 0 Å². The molecule has 0 saturated heterocycles. The fraction of sp³-hybridized carbons (Fsp3) is 0.438. The number of rotatable bonds is 7. The standard InChI is InChI=1S/C5H12O4.2C4H6O2.C3H4O2/c6-1-5(2-7,3-8)4-9;2*1-3(2)4(5)6;1-2-3(4)5/h6-9H,1-4H2;2*1H2,2H3,(H,5,6);2H,1H2,(H,4,5). The predicted molar refractivity (Wildman–Crippen MR) is 93.5 cm³/mol. The van der Waals surface area contributed by atoms with Gasteiger partial charge in [-0.15, -0.1) is 0 Å². The van der Waals surface area contributed by atoms with Crippen LogP contribution in [0, 0.1) is 5.41 Å². The Morgan fingerprint density at radius 3 is 0.923 bits per heavy atom. The van der Waals surface area contributed by atoms with E-state index in [9.17, 15) is 14.4 Å². The number of carbonyl (C=O) groups is 3. The largest absolute Gasteiger partial charge is 0.478 e. The number of aliphatic carboxylic acids is 3. The first kappa shape index (κ1) is 31.3. The molecule has 0 aliphatic rings.